The van der Waals surface area contributed by atoms with Gasteiger partial charge in [-0.2, -0.15) is 9.61 Å². The van der Waals surface area contributed by atoms with Crippen LogP contribution in [-0.2, 0) is 13.6 Å². The van der Waals surface area contributed by atoms with Crippen molar-refractivity contribution in [1.29, 1.82) is 0 Å². The van der Waals surface area contributed by atoms with Gasteiger partial charge in [0.2, 0.25) is 0 Å². The number of aromatic nitrogens is 5. The lowest BCUT2D eigenvalue weighted by Crippen LogP contribution is -2.34. The van der Waals surface area contributed by atoms with Crippen LogP contribution in [0.4, 0.5) is 11.6 Å². The molecular weight excluding hydrogens is 458 g/mol. The summed E-state index contributed by atoms with van der Waals surface area (Å²) in [4.78, 5) is 9.22. The van der Waals surface area contributed by atoms with Gasteiger partial charge in [-0.1, -0.05) is 18.9 Å². The molecule has 3 N–H and O–H groups in total. The van der Waals surface area contributed by atoms with Crippen LogP contribution in [0.1, 0.15) is 31.2 Å². The fourth-order valence-electron chi connectivity index (χ4n) is 4.43. The molecule has 1 fully saturated rings. The minimum atomic E-state index is 0.206. The van der Waals surface area contributed by atoms with Crippen LogP contribution in [0.15, 0.2) is 41.3 Å². The number of rotatable bonds is 6. The lowest BCUT2D eigenvalue weighted by molar-refractivity contribution is 0.178. The fourth-order valence-corrected chi connectivity index (χ4v) is 4.77. The molecule has 1 saturated carbocycles. The summed E-state index contributed by atoms with van der Waals surface area (Å²) >= 11 is 3.56. The Labute approximate surface area is 188 Å². The zero-order chi connectivity index (χ0) is 21.4. The zero-order valence-electron chi connectivity index (χ0n) is 17.4. The minimum Gasteiger partial charge on any atom is -0.396 e. The van der Waals surface area contributed by atoms with Crippen molar-refractivity contribution in [2.45, 2.75) is 38.3 Å². The van der Waals surface area contributed by atoms with Crippen molar-refractivity contribution in [3.8, 4) is 0 Å². The number of aryl methyl sites for hydroxylation is 1. The molecule has 162 valence electrons. The monoisotopic (exact) mass is 483 g/mol. The normalized spacial score (nSPS) is 19.2. The topological polar surface area (TPSA) is 92.3 Å². The van der Waals surface area contributed by atoms with Crippen LogP contribution < -0.4 is 10.6 Å². The van der Waals surface area contributed by atoms with Gasteiger partial charge in [-0.25, -0.2) is 9.97 Å². The number of nitrogens with zero attached hydrogens (tertiary/aromatic N) is 5. The minimum absolute atomic E-state index is 0.206. The van der Waals surface area contributed by atoms with Crippen LogP contribution >= 0.6 is 15.9 Å². The van der Waals surface area contributed by atoms with E-state index < -0.39 is 0 Å². The second kappa shape index (κ2) is 8.47. The number of anilines is 2. The zero-order valence-corrected chi connectivity index (χ0v) is 19.0. The van der Waals surface area contributed by atoms with Gasteiger partial charge in [-0.3, -0.25) is 0 Å². The Balaban J connectivity index is 1.41. The molecule has 0 amide bonds. The van der Waals surface area contributed by atoms with Gasteiger partial charge >= 0.3 is 0 Å². The van der Waals surface area contributed by atoms with Gasteiger partial charge in [0.25, 0.3) is 0 Å². The lowest BCUT2D eigenvalue weighted by Gasteiger charge is -2.31. The molecular formula is C22H26BrN7O. The Kier molecular flexibility index (Phi) is 5.54. The number of halogens is 1. The van der Waals surface area contributed by atoms with E-state index in [-0.39, 0.29) is 18.6 Å². The summed E-state index contributed by atoms with van der Waals surface area (Å²) in [5.74, 6) is 1.92. The van der Waals surface area contributed by atoms with Crippen LogP contribution in [0, 0.1) is 5.92 Å². The SMILES string of the molecule is Cn1cnc2cc(CNc3cc(NC4CCCCC4CO)nc4c(Br)cnn34)ccc21. The Bertz CT molecular complexity index is 1220. The number of nitrogens with one attached hydrogen (secondary N) is 2. The number of aliphatic hydroxyl groups is 1. The first-order valence-electron chi connectivity index (χ1n) is 10.7. The molecule has 31 heavy (non-hydrogen) atoms. The summed E-state index contributed by atoms with van der Waals surface area (Å²) in [7, 11) is 2.00. The largest absolute Gasteiger partial charge is 0.396 e. The number of imidazole rings is 1. The van der Waals surface area contributed by atoms with E-state index in [1.165, 1.54) is 12.8 Å². The maximum absolute atomic E-state index is 9.76. The number of aliphatic hydroxyl groups excluding tert-OH is 1. The molecule has 0 bridgehead atoms. The quantitative estimate of drug-likeness (QED) is 0.384. The summed E-state index contributed by atoms with van der Waals surface area (Å²) in [6, 6.07) is 8.54. The van der Waals surface area contributed by atoms with E-state index in [2.05, 4.69) is 54.8 Å². The van der Waals surface area contributed by atoms with Crippen molar-refractivity contribution in [2.75, 3.05) is 17.2 Å². The van der Waals surface area contributed by atoms with Gasteiger partial charge in [-0.15, -0.1) is 0 Å². The van der Waals surface area contributed by atoms with Gasteiger partial charge in [0.15, 0.2) is 5.65 Å². The van der Waals surface area contributed by atoms with E-state index in [1.54, 1.807) is 10.7 Å². The Morgan fingerprint density at radius 1 is 1.23 bits per heavy atom. The molecule has 0 aliphatic heterocycles. The first-order chi connectivity index (χ1) is 15.1. The molecule has 1 aliphatic rings. The second-order valence-corrected chi connectivity index (χ2v) is 9.12. The van der Waals surface area contributed by atoms with E-state index >= 15 is 0 Å². The molecule has 9 heteroatoms. The van der Waals surface area contributed by atoms with E-state index in [0.717, 1.165) is 51.2 Å². The molecule has 8 nitrogen and oxygen atoms in total. The molecule has 0 saturated heterocycles. The van der Waals surface area contributed by atoms with Crippen LogP contribution in [0.25, 0.3) is 16.7 Å². The van der Waals surface area contributed by atoms with Crippen LogP contribution in [0.3, 0.4) is 0 Å². The second-order valence-electron chi connectivity index (χ2n) is 8.26. The van der Waals surface area contributed by atoms with E-state index in [4.69, 9.17) is 4.98 Å². The molecule has 2 atom stereocenters. The average molecular weight is 484 g/mol. The summed E-state index contributed by atoms with van der Waals surface area (Å²) in [6.45, 7) is 0.850. The van der Waals surface area contributed by atoms with Crippen LogP contribution in [-0.4, -0.2) is 41.9 Å². The molecule has 3 heterocycles. The molecule has 5 rings (SSSR count). The first-order valence-corrected chi connectivity index (χ1v) is 11.5. The Morgan fingerprint density at radius 2 is 2.10 bits per heavy atom. The highest BCUT2D eigenvalue weighted by molar-refractivity contribution is 9.10. The van der Waals surface area contributed by atoms with Gasteiger partial charge in [0, 0.05) is 38.2 Å². The van der Waals surface area contributed by atoms with Crippen molar-refractivity contribution >= 4 is 44.2 Å². The van der Waals surface area contributed by atoms with E-state index in [0.29, 0.717) is 6.54 Å². The summed E-state index contributed by atoms with van der Waals surface area (Å²) in [5, 5.41) is 21.3. The van der Waals surface area contributed by atoms with Crippen molar-refractivity contribution in [2.24, 2.45) is 13.0 Å². The van der Waals surface area contributed by atoms with Crippen molar-refractivity contribution in [3.63, 3.8) is 0 Å². The molecule has 3 aromatic heterocycles. The highest BCUT2D eigenvalue weighted by Gasteiger charge is 2.25. The summed E-state index contributed by atoms with van der Waals surface area (Å²) in [5.41, 5.74) is 4.00. The molecule has 0 radical (unpaired) electrons. The average Bonchev–Trinajstić information content (AvgIpc) is 3.35. The smallest absolute Gasteiger partial charge is 0.173 e. The summed E-state index contributed by atoms with van der Waals surface area (Å²) in [6.07, 6.45) is 8.04. The number of benzene rings is 1. The number of hydrogen-bond donors (Lipinski definition) is 3. The van der Waals surface area contributed by atoms with Crippen molar-refractivity contribution in [3.05, 3.63) is 46.8 Å². The molecule has 0 spiro atoms. The third-order valence-corrected chi connectivity index (χ3v) is 6.73. The molecule has 4 aromatic rings. The standard InChI is InChI=1S/C22H26BrN7O/c1-29-13-25-18-8-14(6-7-19(18)29)10-24-21-9-20(28-22-16(23)11-26-30(21)22)27-17-5-3-2-4-15(17)12-31/h6-9,11,13,15,17,24,31H,2-5,10,12H2,1H3,(H,27,28). The molecule has 1 aromatic carbocycles. The predicted molar refractivity (Wildman–Crippen MR) is 125 cm³/mol. The van der Waals surface area contributed by atoms with E-state index in [1.807, 2.05) is 24.0 Å². The van der Waals surface area contributed by atoms with Gasteiger partial charge in [0.1, 0.15) is 11.6 Å². The van der Waals surface area contributed by atoms with Crippen molar-refractivity contribution < 1.29 is 5.11 Å². The Hall–Kier alpha value is -2.65. The van der Waals surface area contributed by atoms with E-state index in [9.17, 15) is 5.11 Å². The van der Waals surface area contributed by atoms with Gasteiger partial charge in [0.05, 0.1) is 28.0 Å². The maximum Gasteiger partial charge on any atom is 0.173 e. The summed E-state index contributed by atoms with van der Waals surface area (Å²) < 4.78 is 4.67. The third-order valence-electron chi connectivity index (χ3n) is 6.17. The Morgan fingerprint density at radius 3 is 2.97 bits per heavy atom. The molecule has 1 aliphatic carbocycles. The van der Waals surface area contributed by atoms with Gasteiger partial charge in [-0.05, 0) is 46.5 Å². The van der Waals surface area contributed by atoms with Crippen LogP contribution in [0.2, 0.25) is 0 Å². The highest BCUT2D eigenvalue weighted by atomic mass is 79.9. The lowest BCUT2D eigenvalue weighted by atomic mass is 9.85. The van der Waals surface area contributed by atoms with Crippen molar-refractivity contribution in [1.82, 2.24) is 24.1 Å². The van der Waals surface area contributed by atoms with Gasteiger partial charge < -0.3 is 20.3 Å². The van der Waals surface area contributed by atoms with Crippen LogP contribution in [0.5, 0.6) is 0 Å². The number of hydrogen-bond acceptors (Lipinski definition) is 6. The predicted octanol–water partition coefficient (Wildman–Crippen LogP) is 3.95. The third kappa shape index (κ3) is 3.99. The number of fused-ring (bicyclic) bond motifs is 2. The first kappa shape index (κ1) is 20.3. The fraction of sp³-hybridized carbons (Fsp3) is 0.409. The highest BCUT2D eigenvalue weighted by Crippen LogP contribution is 2.29. The maximum atomic E-state index is 9.76. The molecule has 2 unspecified atom stereocenters.